The Balaban J connectivity index is 4.39. The Bertz CT molecular complexity index is 1010. The lowest BCUT2D eigenvalue weighted by Crippen LogP contribution is -2.28. The van der Waals surface area contributed by atoms with Gasteiger partial charge in [0.2, 0.25) is 0 Å². The third-order valence-corrected chi connectivity index (χ3v) is 13.2. The van der Waals surface area contributed by atoms with Gasteiger partial charge in [-0.05, 0) is 96.3 Å². The molecule has 0 aromatic rings. The molecule has 0 saturated heterocycles. The van der Waals surface area contributed by atoms with E-state index in [1.54, 1.807) is 0 Å². The van der Waals surface area contributed by atoms with Gasteiger partial charge in [-0.15, -0.1) is 0 Å². The summed E-state index contributed by atoms with van der Waals surface area (Å²) >= 11 is 1.23. The summed E-state index contributed by atoms with van der Waals surface area (Å²) in [5.41, 5.74) is 0. The van der Waals surface area contributed by atoms with Gasteiger partial charge < -0.3 is 9.47 Å². The van der Waals surface area contributed by atoms with Gasteiger partial charge in [0, 0.05) is 25.0 Å². The second-order valence-corrected chi connectivity index (χ2v) is 19.6. The van der Waals surface area contributed by atoms with Crippen molar-refractivity contribution in [2.45, 2.75) is 297 Å². The van der Waals surface area contributed by atoms with Crippen LogP contribution in [0.3, 0.4) is 0 Å². The molecule has 1 atom stereocenters. The van der Waals surface area contributed by atoms with Gasteiger partial charge in [0.15, 0.2) is 5.12 Å². The van der Waals surface area contributed by atoms with Gasteiger partial charge in [-0.1, -0.05) is 223 Å². The minimum absolute atomic E-state index is 0.0235. The first-order valence-electron chi connectivity index (χ1n) is 27.5. The highest BCUT2D eigenvalue weighted by Crippen LogP contribution is 2.18. The van der Waals surface area contributed by atoms with E-state index in [2.05, 4.69) is 57.2 Å². The molecule has 0 radical (unpaired) electrons. The lowest BCUT2D eigenvalue weighted by Gasteiger charge is -2.17. The maximum absolute atomic E-state index is 12.9. The number of unbranched alkanes of at least 4 members (excludes halogenated alkanes) is 33. The van der Waals surface area contributed by atoms with Crippen molar-refractivity contribution in [3.05, 3.63) is 36.5 Å². The summed E-state index contributed by atoms with van der Waals surface area (Å²) in [5.74, 6) is -0.158. The second kappa shape index (κ2) is 52.8. The molecule has 0 aromatic carbocycles. The standard InChI is InChI=1S/C57H104O5S/c1-4-7-10-13-16-19-22-25-28-31-34-37-40-43-46-49-55(58)61-52-54(62-56(59)50-47-44-41-38-35-32-29-26-23-20-17-14-11-8-5-2)53-63-57(60)51-48-45-42-39-36-33-30-27-24-21-18-15-12-9-6-3/h25-30,54H,4-24,31-53H2,1-3H3/b28-25+,29-26+,30-27-. The average molecular weight is 902 g/mol. The zero-order valence-corrected chi connectivity index (χ0v) is 42.9. The van der Waals surface area contributed by atoms with Crippen molar-refractivity contribution in [1.82, 2.24) is 0 Å². The molecule has 0 fully saturated rings. The van der Waals surface area contributed by atoms with Crippen LogP contribution in [0.1, 0.15) is 290 Å². The number of thioether (sulfide) groups is 1. The fourth-order valence-corrected chi connectivity index (χ4v) is 8.72. The number of ether oxygens (including phenoxy) is 2. The number of rotatable bonds is 50. The topological polar surface area (TPSA) is 69.7 Å². The third-order valence-electron chi connectivity index (χ3n) is 12.1. The van der Waals surface area contributed by atoms with Crippen molar-refractivity contribution >= 4 is 28.8 Å². The van der Waals surface area contributed by atoms with Crippen LogP contribution in [0.15, 0.2) is 36.5 Å². The molecule has 0 N–H and O–H groups in total. The quantitative estimate of drug-likeness (QED) is 0.0344. The molecule has 0 heterocycles. The first-order valence-corrected chi connectivity index (χ1v) is 28.5. The highest BCUT2D eigenvalue weighted by atomic mass is 32.2. The minimum atomic E-state index is -0.596. The van der Waals surface area contributed by atoms with Crippen molar-refractivity contribution in [1.29, 1.82) is 0 Å². The SMILES string of the molecule is CCCCCCCC/C=C\CCCCCCCC(=O)SCC(COC(=O)CCCCCCC/C=C/CCCCCCCC)OC(=O)CCCCCCC/C=C/CCCCCCCC. The number of esters is 2. The summed E-state index contributed by atoms with van der Waals surface area (Å²) in [6.45, 7) is 6.82. The van der Waals surface area contributed by atoms with Crippen molar-refractivity contribution in [2.24, 2.45) is 0 Å². The first-order chi connectivity index (χ1) is 31.0. The normalized spacial score (nSPS) is 12.3. The second-order valence-electron chi connectivity index (χ2n) is 18.5. The summed E-state index contributed by atoms with van der Waals surface area (Å²) < 4.78 is 11.4. The first kappa shape index (κ1) is 61.2. The van der Waals surface area contributed by atoms with E-state index in [1.165, 1.54) is 185 Å². The van der Waals surface area contributed by atoms with Crippen LogP contribution >= 0.6 is 11.8 Å². The van der Waals surface area contributed by atoms with Crippen LogP contribution in [0.5, 0.6) is 0 Å². The summed E-state index contributed by atoms with van der Waals surface area (Å²) in [4.78, 5) is 38.3. The van der Waals surface area contributed by atoms with Gasteiger partial charge in [-0.3, -0.25) is 14.4 Å². The number of carbonyl (C=O) groups excluding carboxylic acids is 3. The van der Waals surface area contributed by atoms with Crippen LogP contribution in [0.4, 0.5) is 0 Å². The van der Waals surface area contributed by atoms with Crippen LogP contribution in [0, 0.1) is 0 Å². The van der Waals surface area contributed by atoms with Gasteiger partial charge in [0.1, 0.15) is 12.7 Å². The van der Waals surface area contributed by atoms with E-state index < -0.39 is 6.10 Å². The van der Waals surface area contributed by atoms with E-state index >= 15 is 0 Å². The Hall–Kier alpha value is -1.82. The molecular weight excluding hydrogens is 797 g/mol. The summed E-state index contributed by atoms with van der Waals surface area (Å²) in [7, 11) is 0. The van der Waals surface area contributed by atoms with E-state index in [0.717, 1.165) is 77.0 Å². The molecule has 1 unspecified atom stereocenters. The maximum atomic E-state index is 12.9. The van der Waals surface area contributed by atoms with E-state index in [0.29, 0.717) is 25.0 Å². The summed E-state index contributed by atoms with van der Waals surface area (Å²) in [6.07, 6.45) is 62.4. The average Bonchev–Trinajstić information content (AvgIpc) is 3.28. The number of hydrogen-bond acceptors (Lipinski definition) is 6. The highest BCUT2D eigenvalue weighted by molar-refractivity contribution is 8.13. The summed E-state index contributed by atoms with van der Waals surface area (Å²) in [6, 6.07) is 0. The van der Waals surface area contributed by atoms with Crippen LogP contribution in [-0.2, 0) is 23.9 Å². The largest absolute Gasteiger partial charge is 0.462 e. The van der Waals surface area contributed by atoms with Gasteiger partial charge in [0.25, 0.3) is 0 Å². The van der Waals surface area contributed by atoms with Gasteiger partial charge in [-0.2, -0.15) is 0 Å². The van der Waals surface area contributed by atoms with Crippen molar-refractivity contribution in [2.75, 3.05) is 12.4 Å². The molecule has 0 aromatic heterocycles. The molecule has 63 heavy (non-hydrogen) atoms. The number of allylic oxidation sites excluding steroid dienone is 6. The van der Waals surface area contributed by atoms with Crippen LogP contribution < -0.4 is 0 Å². The predicted molar refractivity (Wildman–Crippen MR) is 277 cm³/mol. The monoisotopic (exact) mass is 901 g/mol. The van der Waals surface area contributed by atoms with Crippen molar-refractivity contribution in [3.63, 3.8) is 0 Å². The van der Waals surface area contributed by atoms with Crippen molar-refractivity contribution in [3.8, 4) is 0 Å². The molecule has 0 aliphatic rings. The minimum Gasteiger partial charge on any atom is -0.462 e. The molecule has 0 saturated carbocycles. The smallest absolute Gasteiger partial charge is 0.306 e. The fraction of sp³-hybridized carbons (Fsp3) is 0.842. The van der Waals surface area contributed by atoms with Crippen LogP contribution in [0.25, 0.3) is 0 Å². The van der Waals surface area contributed by atoms with Crippen LogP contribution in [-0.4, -0.2) is 35.5 Å². The van der Waals surface area contributed by atoms with Gasteiger partial charge in [0.05, 0.1) is 0 Å². The highest BCUT2D eigenvalue weighted by Gasteiger charge is 2.19. The third kappa shape index (κ3) is 51.0. The van der Waals surface area contributed by atoms with Crippen LogP contribution in [0.2, 0.25) is 0 Å². The molecule has 0 rings (SSSR count). The lowest BCUT2D eigenvalue weighted by atomic mass is 10.1. The molecule has 5 nitrogen and oxygen atoms in total. The molecule has 0 aliphatic heterocycles. The van der Waals surface area contributed by atoms with E-state index in [1.807, 2.05) is 0 Å². The Morgan fingerprint density at radius 3 is 1.00 bits per heavy atom. The Labute approximate surface area is 396 Å². The molecular formula is C57H104O5S. The van der Waals surface area contributed by atoms with E-state index in [4.69, 9.17) is 9.47 Å². The van der Waals surface area contributed by atoms with E-state index in [9.17, 15) is 14.4 Å². The number of carbonyl (C=O) groups is 3. The van der Waals surface area contributed by atoms with Gasteiger partial charge in [-0.25, -0.2) is 0 Å². The maximum Gasteiger partial charge on any atom is 0.306 e. The Morgan fingerprint density at radius 1 is 0.365 bits per heavy atom. The van der Waals surface area contributed by atoms with E-state index in [-0.39, 0.29) is 23.7 Å². The zero-order chi connectivity index (χ0) is 45.8. The molecule has 0 amide bonds. The van der Waals surface area contributed by atoms with Gasteiger partial charge >= 0.3 is 11.9 Å². The Morgan fingerprint density at radius 2 is 0.651 bits per heavy atom. The predicted octanol–water partition coefficient (Wildman–Crippen LogP) is 18.8. The molecule has 0 spiro atoms. The fourth-order valence-electron chi connectivity index (χ4n) is 7.90. The molecule has 6 heteroatoms. The lowest BCUT2D eigenvalue weighted by molar-refractivity contribution is -0.157. The Kier molecular flexibility index (Phi) is 51.3. The molecule has 0 aliphatic carbocycles. The molecule has 0 bridgehead atoms. The summed E-state index contributed by atoms with van der Waals surface area (Å²) in [5, 5.41) is 0.130. The molecule has 368 valence electrons. The number of hydrogen-bond donors (Lipinski definition) is 0. The van der Waals surface area contributed by atoms with Crippen molar-refractivity contribution < 1.29 is 23.9 Å². The zero-order valence-electron chi connectivity index (χ0n) is 42.1.